The zero-order chi connectivity index (χ0) is 10.6. The zero-order valence-electron chi connectivity index (χ0n) is 8.62. The van der Waals surface area contributed by atoms with Crippen LogP contribution in [0.4, 0.5) is 0 Å². The molecule has 84 valence electrons. The summed E-state index contributed by atoms with van der Waals surface area (Å²) >= 11 is 0. The molecule has 0 fully saturated rings. The Morgan fingerprint density at radius 2 is 2.00 bits per heavy atom. The Hall–Kier alpha value is 0.130. The summed E-state index contributed by atoms with van der Waals surface area (Å²) in [5.74, 6) is 1.53. The smallest absolute Gasteiger partial charge is 0.304 e. The van der Waals surface area contributed by atoms with Gasteiger partial charge < -0.3 is 10.4 Å². The van der Waals surface area contributed by atoms with E-state index in [2.05, 4.69) is 12.2 Å². The third-order valence-corrected chi connectivity index (χ3v) is 4.04. The molecule has 0 saturated heterocycles. The highest BCUT2D eigenvalue weighted by Crippen LogP contribution is 2.21. The van der Waals surface area contributed by atoms with Crippen molar-refractivity contribution in [3.63, 3.8) is 0 Å². The van der Waals surface area contributed by atoms with Crippen molar-refractivity contribution in [2.24, 2.45) is 0 Å². The maximum atomic E-state index is 10.2. The number of nitrogens with one attached hydrogen (secondary N) is 1. The summed E-state index contributed by atoms with van der Waals surface area (Å²) in [6.45, 7) is 3.67. The summed E-state index contributed by atoms with van der Waals surface area (Å²) in [4.78, 5) is 10.2. The van der Waals surface area contributed by atoms with Gasteiger partial charge in [0.05, 0.1) is 6.42 Å². The second kappa shape index (κ2) is 11.2. The molecule has 0 atom stereocenters. The number of carbonyl (C=O) groups is 1. The highest BCUT2D eigenvalue weighted by Gasteiger charge is 1.95. The molecule has 0 aliphatic carbocycles. The molecule has 0 rings (SSSR count). The molecule has 0 saturated carbocycles. The van der Waals surface area contributed by atoms with Gasteiger partial charge >= 0.3 is 5.97 Å². The van der Waals surface area contributed by atoms with E-state index < -0.39 is 5.97 Å². The van der Waals surface area contributed by atoms with Crippen molar-refractivity contribution in [3.8, 4) is 0 Å². The third-order valence-electron chi connectivity index (χ3n) is 1.54. The first-order chi connectivity index (χ1) is 6.77. The van der Waals surface area contributed by atoms with E-state index in [1.165, 1.54) is 18.6 Å². The molecule has 0 aliphatic heterocycles. The van der Waals surface area contributed by atoms with Gasteiger partial charge in [-0.3, -0.25) is 4.79 Å². The predicted molar refractivity (Wildman–Crippen MR) is 64.9 cm³/mol. The highest BCUT2D eigenvalue weighted by molar-refractivity contribution is 8.76. The van der Waals surface area contributed by atoms with Crippen LogP contribution in [0.5, 0.6) is 0 Å². The van der Waals surface area contributed by atoms with Gasteiger partial charge in [0.25, 0.3) is 0 Å². The fourth-order valence-corrected chi connectivity index (χ4v) is 2.94. The van der Waals surface area contributed by atoms with E-state index >= 15 is 0 Å². The van der Waals surface area contributed by atoms with Crippen molar-refractivity contribution in [2.75, 3.05) is 24.6 Å². The molecule has 3 nitrogen and oxygen atoms in total. The van der Waals surface area contributed by atoms with Crippen LogP contribution >= 0.6 is 21.6 Å². The number of hydrogen-bond acceptors (Lipinski definition) is 4. The van der Waals surface area contributed by atoms with Gasteiger partial charge in [-0.1, -0.05) is 34.9 Å². The van der Waals surface area contributed by atoms with Crippen molar-refractivity contribution in [1.29, 1.82) is 0 Å². The molecule has 0 aliphatic rings. The van der Waals surface area contributed by atoms with E-state index in [1.54, 1.807) is 0 Å². The molecule has 0 spiro atoms. The normalized spacial score (nSPS) is 10.4. The molecule has 0 bridgehead atoms. The Morgan fingerprint density at radius 3 is 2.64 bits per heavy atom. The monoisotopic (exact) mass is 237 g/mol. The maximum Gasteiger partial charge on any atom is 0.304 e. The van der Waals surface area contributed by atoms with Crippen LogP contribution in [0.15, 0.2) is 0 Å². The topological polar surface area (TPSA) is 49.3 Å². The molecule has 14 heavy (non-hydrogen) atoms. The van der Waals surface area contributed by atoms with Crippen LogP contribution in [0.1, 0.15) is 26.2 Å². The minimum atomic E-state index is -0.734. The van der Waals surface area contributed by atoms with Gasteiger partial charge in [0.2, 0.25) is 0 Å². The predicted octanol–water partition coefficient (Wildman–Crippen LogP) is 2.23. The Labute approximate surface area is 93.8 Å². The first-order valence-corrected chi connectivity index (χ1v) is 7.43. The van der Waals surface area contributed by atoms with Gasteiger partial charge in [0, 0.05) is 24.6 Å². The number of aliphatic carboxylic acids is 1. The Balaban J connectivity index is 2.88. The lowest BCUT2D eigenvalue weighted by atomic mass is 10.4. The molecule has 0 unspecified atom stereocenters. The average molecular weight is 237 g/mol. The maximum absolute atomic E-state index is 10.2. The lowest BCUT2D eigenvalue weighted by Crippen LogP contribution is -2.20. The van der Waals surface area contributed by atoms with Crippen LogP contribution in [0.25, 0.3) is 0 Å². The molecule has 0 heterocycles. The number of carboxylic acid groups (broad SMARTS) is 1. The molecule has 0 aromatic rings. The quantitative estimate of drug-likeness (QED) is 0.451. The molecule has 0 aromatic carbocycles. The first-order valence-electron chi connectivity index (χ1n) is 4.94. The largest absolute Gasteiger partial charge is 0.481 e. The number of rotatable bonds is 10. The van der Waals surface area contributed by atoms with Crippen molar-refractivity contribution in [3.05, 3.63) is 0 Å². The van der Waals surface area contributed by atoms with E-state index in [0.717, 1.165) is 12.3 Å². The van der Waals surface area contributed by atoms with E-state index in [-0.39, 0.29) is 6.42 Å². The summed E-state index contributed by atoms with van der Waals surface area (Å²) in [7, 11) is 3.76. The molecular formula is C9H19NO2S2. The average Bonchev–Trinajstić information content (AvgIpc) is 2.15. The van der Waals surface area contributed by atoms with Crippen molar-refractivity contribution >= 4 is 27.6 Å². The summed E-state index contributed by atoms with van der Waals surface area (Å²) in [5.41, 5.74) is 0. The van der Waals surface area contributed by atoms with Gasteiger partial charge in [-0.2, -0.15) is 0 Å². The summed E-state index contributed by atoms with van der Waals surface area (Å²) < 4.78 is 0. The Bertz CT molecular complexity index is 145. The number of unbranched alkanes of at least 4 members (excludes halogenated alkanes) is 1. The van der Waals surface area contributed by atoms with Gasteiger partial charge in [0.15, 0.2) is 0 Å². The van der Waals surface area contributed by atoms with Crippen LogP contribution in [0.2, 0.25) is 0 Å². The summed E-state index contributed by atoms with van der Waals surface area (Å²) in [5, 5.41) is 11.5. The van der Waals surface area contributed by atoms with E-state index in [4.69, 9.17) is 5.11 Å². The number of carboxylic acids is 1. The second-order valence-corrected chi connectivity index (χ2v) is 5.59. The number of hydrogen-bond donors (Lipinski definition) is 2. The zero-order valence-corrected chi connectivity index (χ0v) is 10.3. The fraction of sp³-hybridized carbons (Fsp3) is 0.889. The van der Waals surface area contributed by atoms with Crippen molar-refractivity contribution in [1.82, 2.24) is 5.32 Å². The third kappa shape index (κ3) is 12.1. The first kappa shape index (κ1) is 14.1. The minimum Gasteiger partial charge on any atom is -0.481 e. The lowest BCUT2D eigenvalue weighted by Gasteiger charge is -2.02. The molecular weight excluding hydrogens is 218 g/mol. The molecule has 2 N–H and O–H groups in total. The van der Waals surface area contributed by atoms with Gasteiger partial charge in [-0.15, -0.1) is 0 Å². The summed E-state index contributed by atoms with van der Waals surface area (Å²) in [6.07, 6.45) is 2.75. The van der Waals surface area contributed by atoms with Gasteiger partial charge in [-0.05, 0) is 6.42 Å². The van der Waals surface area contributed by atoms with Crippen LogP contribution < -0.4 is 5.32 Å². The second-order valence-electron chi connectivity index (χ2n) is 2.89. The summed E-state index contributed by atoms with van der Waals surface area (Å²) in [6, 6.07) is 0. The van der Waals surface area contributed by atoms with Crippen LogP contribution in [0, 0.1) is 0 Å². The standard InChI is InChI=1S/C9H19NO2S2/c1-2-3-7-13-14-8-6-10-5-4-9(11)12/h10H,2-8H2,1H3,(H,11,12). The van der Waals surface area contributed by atoms with E-state index in [0.29, 0.717) is 6.54 Å². The molecule has 0 amide bonds. The minimum absolute atomic E-state index is 0.216. The van der Waals surface area contributed by atoms with Crippen molar-refractivity contribution < 1.29 is 9.90 Å². The fourth-order valence-electron chi connectivity index (χ4n) is 0.755. The van der Waals surface area contributed by atoms with Crippen molar-refractivity contribution in [2.45, 2.75) is 26.2 Å². The Morgan fingerprint density at radius 1 is 1.29 bits per heavy atom. The molecule has 5 heteroatoms. The van der Waals surface area contributed by atoms with E-state index in [1.807, 2.05) is 21.6 Å². The SMILES string of the molecule is CCCCSSCCNCCC(=O)O. The van der Waals surface area contributed by atoms with Crippen LogP contribution in [-0.4, -0.2) is 35.7 Å². The van der Waals surface area contributed by atoms with E-state index in [9.17, 15) is 4.79 Å². The molecule has 0 radical (unpaired) electrons. The van der Waals surface area contributed by atoms with Crippen LogP contribution in [0.3, 0.4) is 0 Å². The lowest BCUT2D eigenvalue weighted by molar-refractivity contribution is -0.136. The van der Waals surface area contributed by atoms with Gasteiger partial charge in [-0.25, -0.2) is 0 Å². The van der Waals surface area contributed by atoms with Gasteiger partial charge in [0.1, 0.15) is 0 Å². The Kier molecular flexibility index (Phi) is 11.3. The molecule has 0 aromatic heterocycles. The van der Waals surface area contributed by atoms with Crippen LogP contribution in [-0.2, 0) is 4.79 Å². The highest BCUT2D eigenvalue weighted by atomic mass is 33.1.